The predicted octanol–water partition coefficient (Wildman–Crippen LogP) is 4.79. The Morgan fingerprint density at radius 1 is 1.15 bits per heavy atom. The van der Waals surface area contributed by atoms with Gasteiger partial charge in [0.25, 0.3) is 5.91 Å². The highest BCUT2D eigenvalue weighted by Gasteiger charge is 2.23. The number of thiazole rings is 1. The highest BCUT2D eigenvalue weighted by molar-refractivity contribution is 7.98. The van der Waals surface area contributed by atoms with Gasteiger partial charge in [0.2, 0.25) is 0 Å². The van der Waals surface area contributed by atoms with Crippen LogP contribution in [0.2, 0.25) is 0 Å². The van der Waals surface area contributed by atoms with E-state index in [1.807, 2.05) is 49.5 Å². The van der Waals surface area contributed by atoms with Crippen molar-refractivity contribution in [3.63, 3.8) is 0 Å². The average molecular weight is 400 g/mol. The SMILES string of the molecule is CCc1ccc2nc(N(CCN(C)C)C(=O)c3ccccc3SC)sc2c1. The fraction of sp³-hybridized carbons (Fsp3) is 0.333. The molecule has 0 aliphatic rings. The summed E-state index contributed by atoms with van der Waals surface area (Å²) < 4.78 is 1.13. The summed E-state index contributed by atoms with van der Waals surface area (Å²) in [6.07, 6.45) is 2.99. The summed E-state index contributed by atoms with van der Waals surface area (Å²) in [5.74, 6) is 0.0107. The lowest BCUT2D eigenvalue weighted by atomic mass is 10.2. The standard InChI is InChI=1S/C21H25N3OS2/c1-5-15-10-11-17-19(14-15)27-21(22-17)24(13-12-23(2)3)20(25)16-8-6-7-9-18(16)26-4/h6-11,14H,5,12-13H2,1-4H3. The maximum absolute atomic E-state index is 13.4. The second kappa shape index (κ2) is 8.87. The fourth-order valence-electron chi connectivity index (χ4n) is 2.84. The zero-order valence-electron chi connectivity index (χ0n) is 16.2. The van der Waals surface area contributed by atoms with Gasteiger partial charge in [-0.2, -0.15) is 0 Å². The van der Waals surface area contributed by atoms with Crippen LogP contribution in [0.25, 0.3) is 10.2 Å². The van der Waals surface area contributed by atoms with Gasteiger partial charge in [-0.3, -0.25) is 9.69 Å². The molecule has 0 bridgehead atoms. The molecule has 0 unspecified atom stereocenters. The number of aryl methyl sites for hydroxylation is 1. The molecule has 1 amide bonds. The van der Waals surface area contributed by atoms with Gasteiger partial charge in [0.15, 0.2) is 5.13 Å². The topological polar surface area (TPSA) is 36.4 Å². The summed E-state index contributed by atoms with van der Waals surface area (Å²) in [7, 11) is 4.04. The first-order chi connectivity index (χ1) is 13.0. The van der Waals surface area contributed by atoms with Crippen LogP contribution >= 0.6 is 23.1 Å². The van der Waals surface area contributed by atoms with Crippen LogP contribution in [0.1, 0.15) is 22.8 Å². The van der Waals surface area contributed by atoms with E-state index in [4.69, 9.17) is 4.98 Å². The average Bonchev–Trinajstić information content (AvgIpc) is 3.10. The molecule has 142 valence electrons. The Balaban J connectivity index is 2.01. The predicted molar refractivity (Wildman–Crippen MR) is 117 cm³/mol. The van der Waals surface area contributed by atoms with Crippen LogP contribution in [0.5, 0.6) is 0 Å². The van der Waals surface area contributed by atoms with Crippen molar-refractivity contribution in [3.05, 3.63) is 53.6 Å². The van der Waals surface area contributed by atoms with Crippen molar-refractivity contribution in [2.75, 3.05) is 38.3 Å². The van der Waals surface area contributed by atoms with Crippen LogP contribution in [0, 0.1) is 0 Å². The number of nitrogens with zero attached hydrogens (tertiary/aromatic N) is 3. The van der Waals surface area contributed by atoms with E-state index in [0.29, 0.717) is 6.54 Å². The van der Waals surface area contributed by atoms with Gasteiger partial charge in [0.05, 0.1) is 15.8 Å². The number of hydrogen-bond acceptors (Lipinski definition) is 5. The van der Waals surface area contributed by atoms with E-state index in [-0.39, 0.29) is 5.91 Å². The third-order valence-electron chi connectivity index (χ3n) is 4.43. The first kappa shape index (κ1) is 19.9. The highest BCUT2D eigenvalue weighted by Crippen LogP contribution is 2.31. The Morgan fingerprint density at radius 3 is 2.63 bits per heavy atom. The second-order valence-electron chi connectivity index (χ2n) is 6.61. The third kappa shape index (κ3) is 4.51. The maximum Gasteiger partial charge on any atom is 0.261 e. The Morgan fingerprint density at radius 2 is 1.93 bits per heavy atom. The minimum Gasteiger partial charge on any atom is -0.308 e. The smallest absolute Gasteiger partial charge is 0.261 e. The van der Waals surface area contributed by atoms with Gasteiger partial charge in [0.1, 0.15) is 0 Å². The van der Waals surface area contributed by atoms with Crippen molar-refractivity contribution in [2.24, 2.45) is 0 Å². The quantitative estimate of drug-likeness (QED) is 0.535. The molecule has 0 saturated heterocycles. The van der Waals surface area contributed by atoms with Crippen molar-refractivity contribution in [1.82, 2.24) is 9.88 Å². The van der Waals surface area contributed by atoms with Gasteiger partial charge in [-0.1, -0.05) is 36.5 Å². The molecular formula is C21H25N3OS2. The van der Waals surface area contributed by atoms with E-state index in [1.54, 1.807) is 23.1 Å². The van der Waals surface area contributed by atoms with Crippen LogP contribution in [0.3, 0.4) is 0 Å². The Bertz CT molecular complexity index is 936. The molecule has 3 aromatic rings. The van der Waals surface area contributed by atoms with Crippen molar-refractivity contribution in [1.29, 1.82) is 0 Å². The lowest BCUT2D eigenvalue weighted by molar-refractivity contribution is 0.0982. The number of likely N-dealkylation sites (N-methyl/N-ethyl adjacent to an activating group) is 1. The number of carbonyl (C=O) groups is 1. The van der Waals surface area contributed by atoms with Gasteiger partial charge < -0.3 is 4.90 Å². The fourth-order valence-corrected chi connectivity index (χ4v) is 4.49. The number of amides is 1. The van der Waals surface area contributed by atoms with Crippen LogP contribution in [-0.2, 0) is 6.42 Å². The summed E-state index contributed by atoms with van der Waals surface area (Å²) in [5.41, 5.74) is 2.97. The summed E-state index contributed by atoms with van der Waals surface area (Å²) in [5, 5.41) is 0.765. The first-order valence-electron chi connectivity index (χ1n) is 9.02. The molecule has 1 heterocycles. The van der Waals surface area contributed by atoms with Crippen LogP contribution in [0.4, 0.5) is 5.13 Å². The van der Waals surface area contributed by atoms with Crippen LogP contribution in [-0.4, -0.2) is 49.2 Å². The molecular weight excluding hydrogens is 374 g/mol. The van der Waals surface area contributed by atoms with E-state index in [1.165, 1.54) is 5.56 Å². The monoisotopic (exact) mass is 399 g/mol. The van der Waals surface area contributed by atoms with Crippen molar-refractivity contribution in [3.8, 4) is 0 Å². The van der Waals surface area contributed by atoms with Gasteiger partial charge in [0, 0.05) is 18.0 Å². The van der Waals surface area contributed by atoms with Crippen LogP contribution < -0.4 is 4.90 Å². The first-order valence-corrected chi connectivity index (χ1v) is 11.1. The Hall–Kier alpha value is -1.89. The minimum atomic E-state index is 0.0107. The van der Waals surface area contributed by atoms with Gasteiger partial charge in [-0.25, -0.2) is 4.98 Å². The molecule has 0 atom stereocenters. The summed E-state index contributed by atoms with van der Waals surface area (Å²) in [6, 6.07) is 14.1. The van der Waals surface area contributed by atoms with E-state index in [2.05, 4.69) is 30.0 Å². The maximum atomic E-state index is 13.4. The summed E-state index contributed by atoms with van der Waals surface area (Å²) in [4.78, 5) is 23.1. The van der Waals surface area contributed by atoms with Crippen molar-refractivity contribution < 1.29 is 4.79 Å². The zero-order valence-corrected chi connectivity index (χ0v) is 17.9. The molecule has 1 aromatic heterocycles. The van der Waals surface area contributed by atoms with E-state index in [9.17, 15) is 4.79 Å². The normalized spacial score (nSPS) is 11.3. The number of hydrogen-bond donors (Lipinski definition) is 0. The number of thioether (sulfide) groups is 1. The molecule has 0 radical (unpaired) electrons. The molecule has 27 heavy (non-hydrogen) atoms. The molecule has 0 spiro atoms. The molecule has 4 nitrogen and oxygen atoms in total. The van der Waals surface area contributed by atoms with Gasteiger partial charge >= 0.3 is 0 Å². The van der Waals surface area contributed by atoms with Gasteiger partial charge in [-0.15, -0.1) is 11.8 Å². The molecule has 0 aliphatic heterocycles. The van der Waals surface area contributed by atoms with Crippen molar-refractivity contribution in [2.45, 2.75) is 18.2 Å². The molecule has 0 fully saturated rings. The molecule has 0 N–H and O–H groups in total. The number of rotatable bonds is 7. The third-order valence-corrected chi connectivity index (χ3v) is 6.27. The number of aromatic nitrogens is 1. The lowest BCUT2D eigenvalue weighted by Gasteiger charge is -2.22. The zero-order chi connectivity index (χ0) is 19.4. The molecule has 3 rings (SSSR count). The number of benzene rings is 2. The highest BCUT2D eigenvalue weighted by atomic mass is 32.2. The lowest BCUT2D eigenvalue weighted by Crippen LogP contribution is -2.37. The number of carbonyl (C=O) groups excluding carboxylic acids is 1. The number of anilines is 1. The molecule has 6 heteroatoms. The minimum absolute atomic E-state index is 0.0107. The van der Waals surface area contributed by atoms with E-state index in [0.717, 1.165) is 38.8 Å². The number of fused-ring (bicyclic) bond motifs is 1. The largest absolute Gasteiger partial charge is 0.308 e. The van der Waals surface area contributed by atoms with Crippen molar-refractivity contribution >= 4 is 44.4 Å². The molecule has 0 aliphatic carbocycles. The summed E-state index contributed by atoms with van der Waals surface area (Å²) in [6.45, 7) is 3.54. The van der Waals surface area contributed by atoms with Gasteiger partial charge in [-0.05, 0) is 56.6 Å². The molecule has 0 saturated carbocycles. The summed E-state index contributed by atoms with van der Waals surface area (Å²) >= 11 is 3.19. The van der Waals surface area contributed by atoms with Crippen LogP contribution in [0.15, 0.2) is 47.4 Å². The Kier molecular flexibility index (Phi) is 6.52. The van der Waals surface area contributed by atoms with E-state index >= 15 is 0 Å². The Labute approximate surface area is 169 Å². The van der Waals surface area contributed by atoms with E-state index < -0.39 is 0 Å². The second-order valence-corrected chi connectivity index (χ2v) is 8.47. The molecule has 2 aromatic carbocycles.